The minimum Gasteiger partial charge on any atom is -0.465 e. The molecule has 4 heteroatoms. The van der Waals surface area contributed by atoms with Crippen LogP contribution in [0.1, 0.15) is 54.4 Å². The molecule has 0 bridgehead atoms. The number of hydrogen-bond donors (Lipinski definition) is 0. The smallest absolute Gasteiger partial charge is 0.319 e. The molecule has 1 rings (SSSR count). The van der Waals surface area contributed by atoms with Crippen molar-refractivity contribution in [2.75, 3.05) is 13.2 Å². The minimum absolute atomic E-state index is 0.0853. The van der Waals surface area contributed by atoms with Gasteiger partial charge in [0, 0.05) is 12.6 Å². The Labute approximate surface area is 122 Å². The molecule has 0 spiro atoms. The van der Waals surface area contributed by atoms with E-state index in [-0.39, 0.29) is 11.9 Å². The molecule has 1 fully saturated rings. The number of carbonyl (C=O) groups excluding carboxylic acids is 2. The molecular weight excluding hydrogens is 254 g/mol. The number of nitrogens with zero attached hydrogens (tertiary/aromatic N) is 1. The van der Waals surface area contributed by atoms with E-state index in [0.717, 1.165) is 6.54 Å². The Balaban J connectivity index is 2.91. The van der Waals surface area contributed by atoms with E-state index in [0.29, 0.717) is 12.5 Å². The number of ether oxygens (including phenoxy) is 1. The summed E-state index contributed by atoms with van der Waals surface area (Å²) in [6, 6.07) is 0.113. The summed E-state index contributed by atoms with van der Waals surface area (Å²) in [5.41, 5.74) is -0.431. The van der Waals surface area contributed by atoms with Crippen LogP contribution in [0, 0.1) is 17.3 Å². The van der Waals surface area contributed by atoms with Gasteiger partial charge in [-0.15, -0.1) is 0 Å². The third-order valence-electron chi connectivity index (χ3n) is 3.69. The van der Waals surface area contributed by atoms with Gasteiger partial charge in [0.1, 0.15) is 5.92 Å². The van der Waals surface area contributed by atoms with Crippen molar-refractivity contribution in [3.63, 3.8) is 0 Å². The summed E-state index contributed by atoms with van der Waals surface area (Å²) < 4.78 is 5.12. The van der Waals surface area contributed by atoms with Gasteiger partial charge >= 0.3 is 5.97 Å². The molecule has 1 unspecified atom stereocenters. The molecule has 0 saturated heterocycles. The first-order valence-corrected chi connectivity index (χ1v) is 7.65. The molecule has 4 nitrogen and oxygen atoms in total. The van der Waals surface area contributed by atoms with Crippen molar-refractivity contribution in [2.45, 2.75) is 60.4 Å². The highest BCUT2D eigenvalue weighted by atomic mass is 16.5. The lowest BCUT2D eigenvalue weighted by Gasteiger charge is -2.35. The molecule has 20 heavy (non-hydrogen) atoms. The van der Waals surface area contributed by atoms with E-state index in [9.17, 15) is 9.59 Å². The summed E-state index contributed by atoms with van der Waals surface area (Å²) >= 11 is 0. The van der Waals surface area contributed by atoms with Crippen molar-refractivity contribution in [3.05, 3.63) is 0 Å². The van der Waals surface area contributed by atoms with Gasteiger partial charge in [-0.3, -0.25) is 9.59 Å². The Morgan fingerprint density at radius 1 is 1.25 bits per heavy atom. The second-order valence-electron chi connectivity index (χ2n) is 7.08. The Hall–Kier alpha value is -1.06. The number of rotatable bonds is 6. The van der Waals surface area contributed by atoms with E-state index >= 15 is 0 Å². The van der Waals surface area contributed by atoms with Crippen LogP contribution in [-0.2, 0) is 14.3 Å². The molecule has 0 radical (unpaired) electrons. The van der Waals surface area contributed by atoms with Gasteiger partial charge in [0.15, 0.2) is 0 Å². The van der Waals surface area contributed by atoms with Crippen LogP contribution in [-0.4, -0.2) is 36.0 Å². The predicted octanol–water partition coefficient (Wildman–Crippen LogP) is 2.86. The first-order valence-electron chi connectivity index (χ1n) is 7.65. The van der Waals surface area contributed by atoms with Crippen LogP contribution in [0.3, 0.4) is 0 Å². The van der Waals surface area contributed by atoms with E-state index in [1.54, 1.807) is 6.92 Å². The van der Waals surface area contributed by atoms with Crippen LogP contribution in [0.25, 0.3) is 0 Å². The summed E-state index contributed by atoms with van der Waals surface area (Å²) in [4.78, 5) is 26.9. The molecule has 1 amide bonds. The van der Waals surface area contributed by atoms with Crippen LogP contribution in [0.15, 0.2) is 0 Å². The van der Waals surface area contributed by atoms with Gasteiger partial charge in [-0.05, 0) is 44.9 Å². The summed E-state index contributed by atoms with van der Waals surface area (Å²) in [5.74, 6) is -0.586. The highest BCUT2D eigenvalue weighted by Crippen LogP contribution is 2.34. The lowest BCUT2D eigenvalue weighted by Crippen LogP contribution is -2.49. The van der Waals surface area contributed by atoms with Gasteiger partial charge in [0.2, 0.25) is 5.91 Å². The van der Waals surface area contributed by atoms with E-state index in [1.165, 1.54) is 12.8 Å². The zero-order valence-corrected chi connectivity index (χ0v) is 13.7. The van der Waals surface area contributed by atoms with Gasteiger partial charge in [0.05, 0.1) is 6.61 Å². The minimum atomic E-state index is -0.719. The maximum atomic E-state index is 12.8. The first kappa shape index (κ1) is 17.0. The monoisotopic (exact) mass is 283 g/mol. The van der Waals surface area contributed by atoms with Gasteiger partial charge in [-0.2, -0.15) is 0 Å². The predicted molar refractivity (Wildman–Crippen MR) is 79.2 cm³/mol. The number of carbonyl (C=O) groups is 2. The lowest BCUT2D eigenvalue weighted by atomic mass is 9.79. The zero-order chi connectivity index (χ0) is 15.5. The van der Waals surface area contributed by atoms with Crippen LogP contribution in [0.4, 0.5) is 0 Å². The molecule has 0 N–H and O–H groups in total. The van der Waals surface area contributed by atoms with Gasteiger partial charge in [-0.1, -0.05) is 20.8 Å². The van der Waals surface area contributed by atoms with Gasteiger partial charge in [-0.25, -0.2) is 0 Å². The van der Waals surface area contributed by atoms with Crippen LogP contribution >= 0.6 is 0 Å². The number of esters is 1. The molecule has 0 aromatic heterocycles. The second-order valence-corrected chi connectivity index (χ2v) is 7.08. The van der Waals surface area contributed by atoms with Crippen LogP contribution < -0.4 is 0 Å². The quantitative estimate of drug-likeness (QED) is 0.556. The molecule has 1 atom stereocenters. The van der Waals surface area contributed by atoms with E-state index < -0.39 is 17.3 Å². The summed E-state index contributed by atoms with van der Waals surface area (Å²) in [7, 11) is 0. The SMILES string of the molecule is CCOC(=O)C(C(=O)N(CC1CC1)C(C)C)C(C)(C)C. The molecule has 0 aromatic rings. The van der Waals surface area contributed by atoms with Crippen molar-refractivity contribution in [1.29, 1.82) is 0 Å². The average Bonchev–Trinajstić information content (AvgIpc) is 3.07. The number of hydrogen-bond acceptors (Lipinski definition) is 3. The average molecular weight is 283 g/mol. The fourth-order valence-electron chi connectivity index (χ4n) is 2.35. The summed E-state index contributed by atoms with van der Waals surface area (Å²) in [6.45, 7) is 12.6. The first-order chi connectivity index (χ1) is 9.18. The molecule has 1 aliphatic rings. The third kappa shape index (κ3) is 4.50. The summed E-state index contributed by atoms with van der Waals surface area (Å²) in [5, 5.41) is 0. The third-order valence-corrected chi connectivity index (χ3v) is 3.69. The molecule has 1 saturated carbocycles. The zero-order valence-electron chi connectivity index (χ0n) is 13.7. The fraction of sp³-hybridized carbons (Fsp3) is 0.875. The van der Waals surface area contributed by atoms with Crippen molar-refractivity contribution in [1.82, 2.24) is 4.90 Å². The maximum absolute atomic E-state index is 12.8. The Bertz CT molecular complexity index is 353. The normalized spacial score (nSPS) is 16.9. The van der Waals surface area contributed by atoms with Crippen LogP contribution in [0.2, 0.25) is 0 Å². The molecule has 0 aromatic carbocycles. The Morgan fingerprint density at radius 2 is 1.80 bits per heavy atom. The maximum Gasteiger partial charge on any atom is 0.319 e. The highest BCUT2D eigenvalue weighted by molar-refractivity contribution is 5.98. The topological polar surface area (TPSA) is 46.6 Å². The van der Waals surface area contributed by atoms with Crippen molar-refractivity contribution < 1.29 is 14.3 Å². The molecule has 1 aliphatic carbocycles. The van der Waals surface area contributed by atoms with Gasteiger partial charge in [0.25, 0.3) is 0 Å². The second kappa shape index (κ2) is 6.59. The Kier molecular flexibility index (Phi) is 5.60. The van der Waals surface area contributed by atoms with Crippen molar-refractivity contribution in [3.8, 4) is 0 Å². The van der Waals surface area contributed by atoms with E-state index in [1.807, 2.05) is 39.5 Å². The fourth-order valence-corrected chi connectivity index (χ4v) is 2.35. The van der Waals surface area contributed by atoms with E-state index in [4.69, 9.17) is 4.74 Å². The molecule has 0 aliphatic heterocycles. The standard InChI is InChI=1S/C16H29NO3/c1-7-20-15(19)13(16(4,5)6)14(18)17(11(2)3)10-12-8-9-12/h11-13H,7-10H2,1-6H3. The molecule has 0 heterocycles. The largest absolute Gasteiger partial charge is 0.465 e. The van der Waals surface area contributed by atoms with Crippen molar-refractivity contribution >= 4 is 11.9 Å². The van der Waals surface area contributed by atoms with Crippen molar-refractivity contribution in [2.24, 2.45) is 17.3 Å². The van der Waals surface area contributed by atoms with E-state index in [2.05, 4.69) is 0 Å². The van der Waals surface area contributed by atoms with Crippen LogP contribution in [0.5, 0.6) is 0 Å². The number of amides is 1. The Morgan fingerprint density at radius 3 is 2.15 bits per heavy atom. The summed E-state index contributed by atoms with van der Waals surface area (Å²) in [6.07, 6.45) is 2.38. The molecular formula is C16H29NO3. The lowest BCUT2D eigenvalue weighted by molar-refractivity contribution is -0.161. The highest BCUT2D eigenvalue weighted by Gasteiger charge is 2.42. The molecule has 116 valence electrons. The van der Waals surface area contributed by atoms with Gasteiger partial charge < -0.3 is 9.64 Å².